The molecule has 136 valence electrons. The van der Waals surface area contributed by atoms with E-state index < -0.39 is 0 Å². The molecule has 0 saturated heterocycles. The fourth-order valence-corrected chi connectivity index (χ4v) is 3.78. The second kappa shape index (κ2) is 8.32. The Morgan fingerprint density at radius 1 is 1.46 bits per heavy atom. The van der Waals surface area contributed by atoms with Gasteiger partial charge in [0.2, 0.25) is 5.91 Å². The molecule has 2 heterocycles. The third-order valence-electron chi connectivity index (χ3n) is 3.48. The minimum atomic E-state index is -0.189. The zero-order chi connectivity index (χ0) is 18.5. The summed E-state index contributed by atoms with van der Waals surface area (Å²) in [5, 5.41) is 5.91. The molecule has 0 atom stereocenters. The molecule has 0 spiro atoms. The first-order chi connectivity index (χ1) is 12.5. The van der Waals surface area contributed by atoms with Crippen molar-refractivity contribution in [1.29, 1.82) is 0 Å². The SMILES string of the molecule is Cn1ccnc1Sc1ccc(N)c(CC(=O)Nc2nc(CON)cs2)c1. The van der Waals surface area contributed by atoms with E-state index in [1.165, 1.54) is 23.1 Å². The Morgan fingerprint density at radius 3 is 3.04 bits per heavy atom. The molecule has 10 heteroatoms. The number of nitrogens with zero attached hydrogens (tertiary/aromatic N) is 3. The highest BCUT2D eigenvalue weighted by Crippen LogP contribution is 2.29. The van der Waals surface area contributed by atoms with Crippen molar-refractivity contribution >= 4 is 39.8 Å². The van der Waals surface area contributed by atoms with Crippen LogP contribution in [0.1, 0.15) is 11.3 Å². The van der Waals surface area contributed by atoms with E-state index in [0.29, 0.717) is 16.5 Å². The van der Waals surface area contributed by atoms with Crippen molar-refractivity contribution in [2.75, 3.05) is 11.1 Å². The molecule has 0 saturated carbocycles. The van der Waals surface area contributed by atoms with Crippen LogP contribution >= 0.6 is 23.1 Å². The molecule has 0 aliphatic carbocycles. The monoisotopic (exact) mass is 390 g/mol. The number of nitrogen functional groups attached to an aromatic ring is 1. The number of carbonyl (C=O) groups excluding carboxylic acids is 1. The van der Waals surface area contributed by atoms with E-state index in [9.17, 15) is 4.79 Å². The third-order valence-corrected chi connectivity index (χ3v) is 5.35. The van der Waals surface area contributed by atoms with Crippen LogP contribution in [-0.2, 0) is 29.7 Å². The molecule has 0 fully saturated rings. The van der Waals surface area contributed by atoms with Crippen LogP contribution in [0.4, 0.5) is 10.8 Å². The van der Waals surface area contributed by atoms with Crippen molar-refractivity contribution < 1.29 is 9.63 Å². The molecule has 1 aromatic carbocycles. The number of aromatic nitrogens is 3. The van der Waals surface area contributed by atoms with E-state index in [-0.39, 0.29) is 18.9 Å². The summed E-state index contributed by atoms with van der Waals surface area (Å²) in [6.07, 6.45) is 3.78. The van der Waals surface area contributed by atoms with Crippen molar-refractivity contribution in [1.82, 2.24) is 14.5 Å². The Morgan fingerprint density at radius 2 is 2.31 bits per heavy atom. The minimum Gasteiger partial charge on any atom is -0.398 e. The third kappa shape index (κ3) is 4.61. The highest BCUT2D eigenvalue weighted by molar-refractivity contribution is 7.99. The highest BCUT2D eigenvalue weighted by atomic mass is 32.2. The second-order valence-electron chi connectivity index (χ2n) is 5.46. The lowest BCUT2D eigenvalue weighted by Gasteiger charge is -2.08. The standard InChI is InChI=1S/C16H18N6O2S2/c1-22-5-4-19-16(22)26-12-2-3-13(17)10(6-12)7-14(23)21-15-20-11(8-24-18)9-25-15/h2-6,9H,7-8,17-18H2,1H3,(H,20,21,23). The number of carbonyl (C=O) groups is 1. The lowest BCUT2D eigenvalue weighted by atomic mass is 10.1. The molecule has 2 aromatic heterocycles. The van der Waals surface area contributed by atoms with Crippen LogP contribution in [0.25, 0.3) is 0 Å². The molecular weight excluding hydrogens is 372 g/mol. The van der Waals surface area contributed by atoms with Crippen LogP contribution in [0.15, 0.2) is 46.0 Å². The average molecular weight is 390 g/mol. The lowest BCUT2D eigenvalue weighted by molar-refractivity contribution is -0.115. The summed E-state index contributed by atoms with van der Waals surface area (Å²) < 4.78 is 1.93. The maximum Gasteiger partial charge on any atom is 0.230 e. The number of nitrogens with two attached hydrogens (primary N) is 2. The number of imidazole rings is 1. The molecule has 0 bridgehead atoms. The van der Waals surface area contributed by atoms with Gasteiger partial charge in [-0.25, -0.2) is 15.9 Å². The van der Waals surface area contributed by atoms with Crippen LogP contribution in [0, 0.1) is 0 Å². The predicted octanol–water partition coefficient (Wildman–Crippen LogP) is 2.18. The Kier molecular flexibility index (Phi) is 5.89. The van der Waals surface area contributed by atoms with Crippen LogP contribution in [0.5, 0.6) is 0 Å². The van der Waals surface area contributed by atoms with Crippen LogP contribution in [0.2, 0.25) is 0 Å². The van der Waals surface area contributed by atoms with E-state index in [1.807, 2.05) is 29.9 Å². The fourth-order valence-electron chi connectivity index (χ4n) is 2.21. The largest absolute Gasteiger partial charge is 0.398 e. The maximum atomic E-state index is 12.3. The van der Waals surface area contributed by atoms with E-state index in [4.69, 9.17) is 11.6 Å². The van der Waals surface area contributed by atoms with E-state index >= 15 is 0 Å². The molecule has 8 nitrogen and oxygen atoms in total. The number of aryl methyl sites for hydroxylation is 1. The number of thiazole rings is 1. The van der Waals surface area contributed by atoms with Gasteiger partial charge in [-0.15, -0.1) is 11.3 Å². The quantitative estimate of drug-likeness (QED) is 0.417. The van der Waals surface area contributed by atoms with Gasteiger partial charge in [0.05, 0.1) is 12.1 Å². The number of anilines is 2. The van der Waals surface area contributed by atoms with Gasteiger partial charge >= 0.3 is 0 Å². The second-order valence-corrected chi connectivity index (χ2v) is 7.36. The number of amides is 1. The van der Waals surface area contributed by atoms with Gasteiger partial charge in [0.25, 0.3) is 0 Å². The minimum absolute atomic E-state index is 0.156. The summed E-state index contributed by atoms with van der Waals surface area (Å²) in [7, 11) is 1.93. The first kappa shape index (κ1) is 18.4. The number of benzene rings is 1. The highest BCUT2D eigenvalue weighted by Gasteiger charge is 2.12. The molecule has 5 N–H and O–H groups in total. The van der Waals surface area contributed by atoms with Gasteiger partial charge in [-0.05, 0) is 23.8 Å². The van der Waals surface area contributed by atoms with Crippen LogP contribution < -0.4 is 16.9 Å². The number of hydrogen-bond acceptors (Lipinski definition) is 8. The molecule has 26 heavy (non-hydrogen) atoms. The molecular formula is C16H18N6O2S2. The van der Waals surface area contributed by atoms with Crippen LogP contribution in [-0.4, -0.2) is 20.4 Å². The molecule has 3 aromatic rings. The maximum absolute atomic E-state index is 12.3. The van der Waals surface area contributed by atoms with Gasteiger partial charge in [-0.3, -0.25) is 9.63 Å². The van der Waals surface area contributed by atoms with E-state index in [1.54, 1.807) is 17.6 Å². The predicted molar refractivity (Wildman–Crippen MR) is 102 cm³/mol. The topological polar surface area (TPSA) is 121 Å². The van der Waals surface area contributed by atoms with Crippen molar-refractivity contribution in [3.63, 3.8) is 0 Å². The first-order valence-corrected chi connectivity index (χ1v) is 9.34. The van der Waals surface area contributed by atoms with E-state index in [0.717, 1.165) is 15.6 Å². The molecule has 0 radical (unpaired) electrons. The Bertz CT molecular complexity index is 908. The first-order valence-electron chi connectivity index (χ1n) is 7.64. The van der Waals surface area contributed by atoms with Gasteiger partial charge in [-0.2, -0.15) is 0 Å². The zero-order valence-corrected chi connectivity index (χ0v) is 15.6. The Balaban J connectivity index is 1.67. The van der Waals surface area contributed by atoms with Gasteiger partial charge in [-0.1, -0.05) is 11.8 Å². The van der Waals surface area contributed by atoms with Crippen molar-refractivity contribution in [3.8, 4) is 0 Å². The lowest BCUT2D eigenvalue weighted by Crippen LogP contribution is -2.15. The summed E-state index contributed by atoms with van der Waals surface area (Å²) in [6, 6.07) is 5.62. The fraction of sp³-hybridized carbons (Fsp3) is 0.188. The summed E-state index contributed by atoms with van der Waals surface area (Å²) in [4.78, 5) is 26.3. The number of hydrogen-bond donors (Lipinski definition) is 3. The van der Waals surface area contributed by atoms with Gasteiger partial charge in [0.1, 0.15) is 6.61 Å². The van der Waals surface area contributed by atoms with Gasteiger partial charge in [0.15, 0.2) is 10.3 Å². The Hall–Kier alpha value is -2.40. The number of rotatable bonds is 7. The molecule has 0 unspecified atom stereocenters. The number of nitrogens with one attached hydrogen (secondary N) is 1. The molecule has 1 amide bonds. The normalized spacial score (nSPS) is 10.8. The van der Waals surface area contributed by atoms with Gasteiger partial charge < -0.3 is 15.6 Å². The van der Waals surface area contributed by atoms with E-state index in [2.05, 4.69) is 20.1 Å². The molecule has 0 aliphatic rings. The summed E-state index contributed by atoms with van der Waals surface area (Å²) in [5.74, 6) is 4.83. The zero-order valence-electron chi connectivity index (χ0n) is 14.0. The molecule has 3 rings (SSSR count). The summed E-state index contributed by atoms with van der Waals surface area (Å²) in [6.45, 7) is 0.200. The van der Waals surface area contributed by atoms with Crippen molar-refractivity contribution in [2.45, 2.75) is 23.1 Å². The van der Waals surface area contributed by atoms with Gasteiger partial charge in [0, 0.05) is 35.4 Å². The molecule has 0 aliphatic heterocycles. The average Bonchev–Trinajstić information content (AvgIpc) is 3.20. The van der Waals surface area contributed by atoms with Crippen LogP contribution in [0.3, 0.4) is 0 Å². The summed E-state index contributed by atoms with van der Waals surface area (Å²) >= 11 is 2.83. The smallest absolute Gasteiger partial charge is 0.230 e. The van der Waals surface area contributed by atoms with Crippen molar-refractivity contribution in [2.24, 2.45) is 12.9 Å². The Labute approximate surface area is 158 Å². The summed E-state index contributed by atoms with van der Waals surface area (Å²) in [5.41, 5.74) is 8.02. The van der Waals surface area contributed by atoms with Crippen molar-refractivity contribution in [3.05, 3.63) is 47.2 Å².